The van der Waals surface area contributed by atoms with Gasteiger partial charge in [-0.3, -0.25) is 0 Å². The minimum absolute atomic E-state index is 0.580. The summed E-state index contributed by atoms with van der Waals surface area (Å²) in [6, 6.07) is 8.51. The third-order valence-corrected chi connectivity index (χ3v) is 4.70. The van der Waals surface area contributed by atoms with Crippen molar-refractivity contribution in [3.63, 3.8) is 0 Å². The van der Waals surface area contributed by atoms with E-state index in [9.17, 15) is 0 Å². The van der Waals surface area contributed by atoms with Crippen molar-refractivity contribution in [3.8, 4) is 5.75 Å². The van der Waals surface area contributed by atoms with Crippen LogP contribution in [0.15, 0.2) is 24.3 Å². The summed E-state index contributed by atoms with van der Waals surface area (Å²) >= 11 is 5.42. The van der Waals surface area contributed by atoms with E-state index in [4.69, 9.17) is 17.0 Å². The van der Waals surface area contributed by atoms with E-state index in [1.165, 1.54) is 25.7 Å². The van der Waals surface area contributed by atoms with Gasteiger partial charge in [-0.05, 0) is 74.5 Å². The molecule has 0 heterocycles. The maximum atomic E-state index is 5.43. The van der Waals surface area contributed by atoms with Gasteiger partial charge >= 0.3 is 0 Å². The molecule has 3 nitrogen and oxygen atoms in total. The fraction of sp³-hybridized carbons (Fsp3) is 0.562. The lowest BCUT2D eigenvalue weighted by molar-refractivity contribution is 0.340. The number of rotatable bonds is 4. The molecule has 2 fully saturated rings. The highest BCUT2D eigenvalue weighted by molar-refractivity contribution is 7.80. The van der Waals surface area contributed by atoms with Gasteiger partial charge in [0.25, 0.3) is 0 Å². The predicted molar refractivity (Wildman–Crippen MR) is 86.2 cm³/mol. The fourth-order valence-electron chi connectivity index (χ4n) is 3.56. The number of anilines is 1. The van der Waals surface area contributed by atoms with Crippen molar-refractivity contribution in [2.24, 2.45) is 11.8 Å². The van der Waals surface area contributed by atoms with Gasteiger partial charge in [-0.2, -0.15) is 0 Å². The molecule has 108 valence electrons. The third kappa shape index (κ3) is 3.06. The molecule has 1 aromatic rings. The van der Waals surface area contributed by atoms with E-state index >= 15 is 0 Å². The van der Waals surface area contributed by atoms with Crippen LogP contribution in [0.4, 0.5) is 5.69 Å². The van der Waals surface area contributed by atoms with E-state index in [-0.39, 0.29) is 0 Å². The Hall–Kier alpha value is -1.29. The van der Waals surface area contributed by atoms with Crippen LogP contribution in [0, 0.1) is 11.8 Å². The second-order valence-electron chi connectivity index (χ2n) is 5.84. The number of benzene rings is 1. The van der Waals surface area contributed by atoms with Crippen LogP contribution in [-0.2, 0) is 0 Å². The molecule has 0 aromatic heterocycles. The zero-order chi connectivity index (χ0) is 13.9. The lowest BCUT2D eigenvalue weighted by atomic mass is 9.96. The van der Waals surface area contributed by atoms with Crippen molar-refractivity contribution in [1.82, 2.24) is 5.32 Å². The minimum Gasteiger partial charge on any atom is -0.494 e. The first-order valence-electron chi connectivity index (χ1n) is 7.55. The summed E-state index contributed by atoms with van der Waals surface area (Å²) in [5.74, 6) is 2.66. The van der Waals surface area contributed by atoms with E-state index in [2.05, 4.69) is 10.6 Å². The zero-order valence-corrected chi connectivity index (χ0v) is 12.7. The molecule has 4 heteroatoms. The molecule has 2 aliphatic carbocycles. The van der Waals surface area contributed by atoms with Crippen LogP contribution in [0.25, 0.3) is 0 Å². The first-order valence-corrected chi connectivity index (χ1v) is 7.96. The second-order valence-corrected chi connectivity index (χ2v) is 6.25. The Kier molecular flexibility index (Phi) is 4.10. The van der Waals surface area contributed by atoms with Crippen molar-refractivity contribution in [2.75, 3.05) is 11.9 Å². The summed E-state index contributed by atoms with van der Waals surface area (Å²) in [6.45, 7) is 2.68. The standard InChI is InChI=1S/C16H22N2OS/c1-2-19-14-7-5-13(6-8-14)17-16(20)18-15-10-11-3-4-12(15)9-11/h5-8,11-12,15H,2-4,9-10H2,1H3,(H2,17,18,20)/t11-,12-,15+/m1/s1. The molecular formula is C16H22N2OS. The number of fused-ring (bicyclic) bond motifs is 2. The smallest absolute Gasteiger partial charge is 0.171 e. The SMILES string of the molecule is CCOc1ccc(NC(=S)N[C@H]2C[C@@H]3CC[C@@H]2C3)cc1. The van der Waals surface area contributed by atoms with E-state index < -0.39 is 0 Å². The van der Waals surface area contributed by atoms with Gasteiger partial charge in [0.1, 0.15) is 5.75 Å². The molecule has 0 amide bonds. The number of nitrogens with one attached hydrogen (secondary N) is 2. The minimum atomic E-state index is 0.580. The summed E-state index contributed by atoms with van der Waals surface area (Å²) in [4.78, 5) is 0. The molecule has 1 aromatic carbocycles. The van der Waals surface area contributed by atoms with Crippen LogP contribution in [0.3, 0.4) is 0 Å². The number of hydrogen-bond acceptors (Lipinski definition) is 2. The van der Waals surface area contributed by atoms with Gasteiger partial charge < -0.3 is 15.4 Å². The van der Waals surface area contributed by atoms with Gasteiger partial charge in [-0.1, -0.05) is 6.42 Å². The molecule has 2 bridgehead atoms. The van der Waals surface area contributed by atoms with Gasteiger partial charge in [0.15, 0.2) is 5.11 Å². The maximum absolute atomic E-state index is 5.43. The lowest BCUT2D eigenvalue weighted by Crippen LogP contribution is -2.40. The van der Waals surface area contributed by atoms with Gasteiger partial charge in [-0.15, -0.1) is 0 Å². The van der Waals surface area contributed by atoms with Gasteiger partial charge in [0, 0.05) is 11.7 Å². The Bertz CT molecular complexity index is 474. The van der Waals surface area contributed by atoms with Crippen LogP contribution in [0.1, 0.15) is 32.6 Å². The monoisotopic (exact) mass is 290 g/mol. The van der Waals surface area contributed by atoms with Gasteiger partial charge in [-0.25, -0.2) is 0 Å². The van der Waals surface area contributed by atoms with Crippen LogP contribution >= 0.6 is 12.2 Å². The maximum Gasteiger partial charge on any atom is 0.171 e. The van der Waals surface area contributed by atoms with E-state index in [0.717, 1.165) is 28.4 Å². The highest BCUT2D eigenvalue weighted by Crippen LogP contribution is 2.44. The normalized spacial score (nSPS) is 27.4. The highest BCUT2D eigenvalue weighted by atomic mass is 32.1. The Morgan fingerprint density at radius 3 is 2.65 bits per heavy atom. The van der Waals surface area contributed by atoms with Crippen molar-refractivity contribution >= 4 is 23.0 Å². The Morgan fingerprint density at radius 2 is 2.05 bits per heavy atom. The quantitative estimate of drug-likeness (QED) is 0.831. The molecule has 3 atom stereocenters. The number of ether oxygens (including phenoxy) is 1. The first kappa shape index (κ1) is 13.7. The topological polar surface area (TPSA) is 33.3 Å². The number of hydrogen-bond donors (Lipinski definition) is 2. The average molecular weight is 290 g/mol. The molecule has 2 aliphatic rings. The summed E-state index contributed by atoms with van der Waals surface area (Å²) in [6.07, 6.45) is 5.47. The molecule has 20 heavy (non-hydrogen) atoms. The molecule has 0 radical (unpaired) electrons. The Morgan fingerprint density at radius 1 is 1.25 bits per heavy atom. The van der Waals surface area contributed by atoms with E-state index in [0.29, 0.717) is 12.6 Å². The van der Waals surface area contributed by atoms with Crippen LogP contribution in [-0.4, -0.2) is 17.8 Å². The Balaban J connectivity index is 1.51. The van der Waals surface area contributed by atoms with Crippen molar-refractivity contribution in [3.05, 3.63) is 24.3 Å². The van der Waals surface area contributed by atoms with E-state index in [1.54, 1.807) is 0 Å². The highest BCUT2D eigenvalue weighted by Gasteiger charge is 2.39. The van der Waals surface area contributed by atoms with E-state index in [1.807, 2.05) is 31.2 Å². The summed E-state index contributed by atoms with van der Waals surface area (Å²) < 4.78 is 5.43. The second kappa shape index (κ2) is 6.00. The molecule has 2 saturated carbocycles. The van der Waals surface area contributed by atoms with Crippen molar-refractivity contribution in [2.45, 2.75) is 38.6 Å². The average Bonchev–Trinajstić information content (AvgIpc) is 3.03. The van der Waals surface area contributed by atoms with Crippen LogP contribution < -0.4 is 15.4 Å². The first-order chi connectivity index (χ1) is 9.74. The largest absolute Gasteiger partial charge is 0.494 e. The van der Waals surface area contributed by atoms with Gasteiger partial charge in [0.05, 0.1) is 6.61 Å². The molecule has 2 N–H and O–H groups in total. The molecule has 0 saturated heterocycles. The van der Waals surface area contributed by atoms with Crippen molar-refractivity contribution in [1.29, 1.82) is 0 Å². The molecule has 0 unspecified atom stereocenters. The Labute approximate surface area is 126 Å². The molecular weight excluding hydrogens is 268 g/mol. The summed E-state index contributed by atoms with van der Waals surface area (Å²) in [5.41, 5.74) is 1.01. The van der Waals surface area contributed by atoms with Crippen LogP contribution in [0.2, 0.25) is 0 Å². The van der Waals surface area contributed by atoms with Gasteiger partial charge in [0.2, 0.25) is 0 Å². The van der Waals surface area contributed by atoms with Crippen LogP contribution in [0.5, 0.6) is 5.75 Å². The summed E-state index contributed by atoms with van der Waals surface area (Å²) in [5, 5.41) is 7.49. The third-order valence-electron chi connectivity index (χ3n) is 4.48. The fourth-order valence-corrected chi connectivity index (χ4v) is 3.83. The summed E-state index contributed by atoms with van der Waals surface area (Å²) in [7, 11) is 0. The molecule has 3 rings (SSSR count). The zero-order valence-electron chi connectivity index (χ0n) is 11.9. The predicted octanol–water partition coefficient (Wildman–Crippen LogP) is 3.56. The molecule has 0 aliphatic heterocycles. The lowest BCUT2D eigenvalue weighted by Gasteiger charge is -2.24. The van der Waals surface area contributed by atoms with Crippen molar-refractivity contribution < 1.29 is 4.74 Å². The molecule has 0 spiro atoms. The number of thiocarbonyl (C=S) groups is 1.